The molecule has 0 saturated heterocycles. The summed E-state index contributed by atoms with van der Waals surface area (Å²) >= 11 is 5.57. The number of benzene rings is 2. The molecule has 0 unspecified atom stereocenters. The Labute approximate surface area is 220 Å². The van der Waals surface area contributed by atoms with E-state index in [4.69, 9.17) is 26.2 Å². The molecule has 3 aromatic rings. The van der Waals surface area contributed by atoms with Crippen molar-refractivity contribution < 1.29 is 50.6 Å². The zero-order valence-electron chi connectivity index (χ0n) is 19.4. The summed E-state index contributed by atoms with van der Waals surface area (Å²) in [5.74, 6) is -2.30. The number of carbonyl (C=O) groups excluding carboxylic acids is 2. The van der Waals surface area contributed by atoms with E-state index in [1.54, 1.807) is 30.3 Å². The molecule has 1 aromatic heterocycles. The number of hydrogen-bond donors (Lipinski definition) is 4. The molecule has 0 aliphatic heterocycles. The van der Waals surface area contributed by atoms with Crippen molar-refractivity contribution in [3.05, 3.63) is 77.1 Å². The maximum absolute atomic E-state index is 12.9. The molecule has 0 fully saturated rings. The molecule has 39 heavy (non-hydrogen) atoms. The molecule has 2 aromatic carbocycles. The van der Waals surface area contributed by atoms with Gasteiger partial charge in [0.25, 0.3) is 5.91 Å². The first kappa shape index (κ1) is 30.7. The van der Waals surface area contributed by atoms with Gasteiger partial charge in [-0.2, -0.15) is 26.3 Å². The quantitative estimate of drug-likeness (QED) is 0.267. The zero-order valence-corrected chi connectivity index (χ0v) is 20.2. The molecule has 0 atom stereocenters. The van der Waals surface area contributed by atoms with E-state index in [-0.39, 0.29) is 17.3 Å². The monoisotopic (exact) mass is 578 g/mol. The van der Waals surface area contributed by atoms with Gasteiger partial charge in [-0.05, 0) is 48.5 Å². The number of rotatable bonds is 5. The number of nitrogens with zero attached hydrogens (tertiary/aromatic N) is 1. The van der Waals surface area contributed by atoms with Crippen LogP contribution in [0.5, 0.6) is 11.5 Å². The minimum atomic E-state index is -5.08. The normalized spacial score (nSPS) is 11.0. The highest BCUT2D eigenvalue weighted by atomic mass is 35.5. The smallest absolute Gasteiger partial charge is 0.475 e. The molecule has 4 N–H and O–H groups in total. The molecular weight excluding hydrogens is 562 g/mol. The second-order valence-corrected chi connectivity index (χ2v) is 7.56. The third-order valence-electron chi connectivity index (χ3n) is 4.31. The average Bonchev–Trinajstić information content (AvgIpc) is 2.85. The van der Waals surface area contributed by atoms with Crippen LogP contribution in [0.4, 0.5) is 42.5 Å². The van der Waals surface area contributed by atoms with Crippen LogP contribution in [0.25, 0.3) is 0 Å². The van der Waals surface area contributed by atoms with E-state index in [2.05, 4.69) is 20.9 Å². The van der Waals surface area contributed by atoms with Gasteiger partial charge in [0.15, 0.2) is 0 Å². The number of carbonyl (C=O) groups is 3. The number of ether oxygens (including phenoxy) is 1. The Morgan fingerprint density at radius 1 is 0.872 bits per heavy atom. The Hall–Kier alpha value is -4.53. The van der Waals surface area contributed by atoms with Gasteiger partial charge >= 0.3 is 24.4 Å². The number of halogens is 7. The first-order chi connectivity index (χ1) is 18.1. The van der Waals surface area contributed by atoms with Crippen molar-refractivity contribution in [2.45, 2.75) is 12.4 Å². The number of nitrogens with one attached hydrogen (secondary N) is 3. The number of aliphatic carboxylic acids is 1. The molecule has 0 bridgehead atoms. The first-order valence-corrected chi connectivity index (χ1v) is 10.7. The van der Waals surface area contributed by atoms with E-state index < -0.39 is 34.9 Å². The summed E-state index contributed by atoms with van der Waals surface area (Å²) in [6, 6.07) is 11.6. The Bertz CT molecular complexity index is 1330. The lowest BCUT2D eigenvalue weighted by Crippen LogP contribution is -2.21. The Kier molecular flexibility index (Phi) is 10.1. The highest BCUT2D eigenvalue weighted by Crippen LogP contribution is 2.36. The van der Waals surface area contributed by atoms with Crippen molar-refractivity contribution >= 4 is 40.9 Å². The van der Waals surface area contributed by atoms with E-state index in [1.807, 2.05) is 0 Å². The van der Waals surface area contributed by atoms with Crippen molar-refractivity contribution in [2.75, 3.05) is 17.7 Å². The minimum absolute atomic E-state index is 0.0659. The van der Waals surface area contributed by atoms with Gasteiger partial charge in [-0.15, -0.1) is 0 Å². The lowest BCUT2D eigenvalue weighted by molar-refractivity contribution is -0.192. The molecule has 16 heteroatoms. The SMILES string of the molecule is CNC(=O)c1cc(Oc2ccc(NC(=O)Nc3ccc(Cl)c(C(F)(F)F)c3)cc2)ccn1.O=C(O)C(F)(F)F. The molecule has 3 rings (SSSR count). The van der Waals surface area contributed by atoms with Gasteiger partial charge in [0.1, 0.15) is 17.2 Å². The predicted molar refractivity (Wildman–Crippen MR) is 127 cm³/mol. The fourth-order valence-corrected chi connectivity index (χ4v) is 2.81. The highest BCUT2D eigenvalue weighted by molar-refractivity contribution is 6.31. The summed E-state index contributed by atoms with van der Waals surface area (Å²) in [6.45, 7) is 0. The predicted octanol–water partition coefficient (Wildman–Crippen LogP) is 6.18. The van der Waals surface area contributed by atoms with Crippen LogP contribution < -0.4 is 20.7 Å². The van der Waals surface area contributed by atoms with Crippen molar-refractivity contribution in [3.63, 3.8) is 0 Å². The largest absolute Gasteiger partial charge is 0.490 e. The molecule has 0 saturated carbocycles. The van der Waals surface area contributed by atoms with Crippen LogP contribution in [0.2, 0.25) is 5.02 Å². The number of amides is 3. The van der Waals surface area contributed by atoms with Crippen LogP contribution in [0.15, 0.2) is 60.8 Å². The Morgan fingerprint density at radius 3 is 1.97 bits per heavy atom. The number of pyridine rings is 1. The van der Waals surface area contributed by atoms with Crippen molar-refractivity contribution in [1.82, 2.24) is 10.3 Å². The van der Waals surface area contributed by atoms with Crippen LogP contribution in [-0.2, 0) is 11.0 Å². The molecule has 3 amide bonds. The molecule has 0 aliphatic carbocycles. The van der Waals surface area contributed by atoms with Gasteiger partial charge in [-0.1, -0.05) is 11.6 Å². The van der Waals surface area contributed by atoms with Gasteiger partial charge in [0, 0.05) is 30.7 Å². The van der Waals surface area contributed by atoms with E-state index in [0.717, 1.165) is 12.1 Å². The standard InChI is InChI=1S/C21H16ClF3N4O3.C2HF3O2/c1-26-19(30)18-11-15(8-9-27-18)32-14-5-2-12(3-6-14)28-20(31)29-13-4-7-17(22)16(10-13)21(23,24)25;3-2(4,5)1(6)7/h2-11H,1H3,(H,26,30)(H2,28,29,31);(H,6,7). The second-order valence-electron chi connectivity index (χ2n) is 7.16. The third kappa shape index (κ3) is 9.70. The van der Waals surface area contributed by atoms with Crippen LogP contribution in [0.3, 0.4) is 0 Å². The van der Waals surface area contributed by atoms with Gasteiger partial charge in [-0.3, -0.25) is 9.78 Å². The van der Waals surface area contributed by atoms with Crippen LogP contribution >= 0.6 is 11.6 Å². The van der Waals surface area contributed by atoms with Gasteiger partial charge in [0.05, 0.1) is 10.6 Å². The van der Waals surface area contributed by atoms with Gasteiger partial charge in [0.2, 0.25) is 0 Å². The van der Waals surface area contributed by atoms with Crippen molar-refractivity contribution in [3.8, 4) is 11.5 Å². The van der Waals surface area contributed by atoms with Gasteiger partial charge < -0.3 is 25.8 Å². The van der Waals surface area contributed by atoms with Crippen LogP contribution in [-0.4, -0.2) is 41.2 Å². The summed E-state index contributed by atoms with van der Waals surface area (Å²) in [4.78, 5) is 36.6. The highest BCUT2D eigenvalue weighted by Gasteiger charge is 2.38. The second kappa shape index (κ2) is 12.8. The molecule has 0 aliphatic rings. The topological polar surface area (TPSA) is 130 Å². The molecule has 0 radical (unpaired) electrons. The number of alkyl halides is 6. The number of carboxylic acid groups (broad SMARTS) is 1. The summed E-state index contributed by atoms with van der Waals surface area (Å²) < 4.78 is 76.2. The fraction of sp³-hybridized carbons (Fsp3) is 0.130. The molecule has 0 spiro atoms. The van der Waals surface area contributed by atoms with Crippen molar-refractivity contribution in [1.29, 1.82) is 0 Å². The Morgan fingerprint density at radius 2 is 1.44 bits per heavy atom. The van der Waals surface area contributed by atoms with E-state index in [9.17, 15) is 35.9 Å². The molecular formula is C23H17ClF6N4O5. The summed E-state index contributed by atoms with van der Waals surface area (Å²) in [6.07, 6.45) is -8.29. The van der Waals surface area contributed by atoms with Crippen LogP contribution in [0, 0.1) is 0 Å². The van der Waals surface area contributed by atoms with E-state index in [0.29, 0.717) is 17.2 Å². The first-order valence-electron chi connectivity index (χ1n) is 10.3. The molecule has 9 nitrogen and oxygen atoms in total. The zero-order chi connectivity index (χ0) is 29.4. The van der Waals surface area contributed by atoms with Gasteiger partial charge in [-0.25, -0.2) is 9.59 Å². The third-order valence-corrected chi connectivity index (χ3v) is 4.64. The number of urea groups is 1. The Balaban J connectivity index is 0.000000673. The number of aromatic nitrogens is 1. The van der Waals surface area contributed by atoms with E-state index >= 15 is 0 Å². The summed E-state index contributed by atoms with van der Waals surface area (Å²) in [7, 11) is 1.49. The lowest BCUT2D eigenvalue weighted by Gasteiger charge is -2.12. The number of hydrogen-bond acceptors (Lipinski definition) is 5. The number of anilines is 2. The molecule has 1 heterocycles. The maximum atomic E-state index is 12.9. The number of carboxylic acids is 1. The van der Waals surface area contributed by atoms with E-state index in [1.165, 1.54) is 25.4 Å². The fourth-order valence-electron chi connectivity index (χ4n) is 2.58. The molecule has 208 valence electrons. The lowest BCUT2D eigenvalue weighted by atomic mass is 10.2. The minimum Gasteiger partial charge on any atom is -0.475 e. The summed E-state index contributed by atoms with van der Waals surface area (Å²) in [5.41, 5.74) is -0.547. The maximum Gasteiger partial charge on any atom is 0.490 e. The van der Waals surface area contributed by atoms with Crippen molar-refractivity contribution in [2.24, 2.45) is 0 Å². The summed E-state index contributed by atoms with van der Waals surface area (Å²) in [5, 5.41) is 14.0. The average molecular weight is 579 g/mol. The van der Waals surface area contributed by atoms with Crippen LogP contribution in [0.1, 0.15) is 16.1 Å².